The Morgan fingerprint density at radius 2 is 1.77 bits per heavy atom. The summed E-state index contributed by atoms with van der Waals surface area (Å²) in [6, 6.07) is 13.4. The van der Waals surface area contributed by atoms with Gasteiger partial charge in [-0.1, -0.05) is 36.4 Å². The molecule has 1 amide bonds. The molecule has 40 heavy (non-hydrogen) atoms. The third-order valence-electron chi connectivity index (χ3n) is 7.03. The number of aryl methyl sites for hydroxylation is 1. The number of alkyl halides is 3. The number of hydrogen-bond acceptors (Lipinski definition) is 6. The lowest BCUT2D eigenvalue weighted by Gasteiger charge is -2.33. The van der Waals surface area contributed by atoms with Gasteiger partial charge in [-0.3, -0.25) is 9.48 Å². The average Bonchev–Trinajstić information content (AvgIpc) is 3.48. The van der Waals surface area contributed by atoms with Crippen molar-refractivity contribution >= 4 is 17.4 Å². The molecule has 0 spiro atoms. The molecule has 1 aliphatic heterocycles. The molecule has 2 N–H and O–H groups in total. The molecule has 12 heteroatoms. The predicted octanol–water partition coefficient (Wildman–Crippen LogP) is 5.67. The second kappa shape index (κ2) is 10.6. The van der Waals surface area contributed by atoms with Crippen LogP contribution < -0.4 is 20.1 Å². The maximum Gasteiger partial charge on any atom is 0.410 e. The van der Waals surface area contributed by atoms with Crippen LogP contribution in [0.15, 0.2) is 54.6 Å². The molecule has 4 aromatic rings. The number of carbonyl (C=O) groups excluding carboxylic acids is 1. The number of aromatic nitrogens is 4. The van der Waals surface area contributed by atoms with Crippen LogP contribution in [0.1, 0.15) is 51.5 Å². The Balaban J connectivity index is 1.41. The molecule has 2 atom stereocenters. The number of nitrogens with one attached hydrogen (secondary N) is 2. The largest absolute Gasteiger partial charge is 0.493 e. The molecule has 5 rings (SSSR count). The fraction of sp³-hybridized carbons (Fsp3) is 0.321. The summed E-state index contributed by atoms with van der Waals surface area (Å²) in [4.78, 5) is 13.2. The van der Waals surface area contributed by atoms with E-state index in [9.17, 15) is 18.0 Å². The normalized spacial score (nSPS) is 16.7. The maximum absolute atomic E-state index is 14.2. The summed E-state index contributed by atoms with van der Waals surface area (Å²) in [5, 5.41) is 14.5. The van der Waals surface area contributed by atoms with Gasteiger partial charge in [0.05, 0.1) is 43.9 Å². The van der Waals surface area contributed by atoms with Gasteiger partial charge in [0.2, 0.25) is 0 Å². The Kier molecular flexibility index (Phi) is 7.17. The third-order valence-corrected chi connectivity index (χ3v) is 7.03. The van der Waals surface area contributed by atoms with Crippen LogP contribution in [0.3, 0.4) is 0 Å². The molecular weight excluding hydrogens is 525 g/mol. The highest BCUT2D eigenvalue weighted by Crippen LogP contribution is 2.44. The lowest BCUT2D eigenvalue weighted by molar-refractivity contribution is -0.173. The van der Waals surface area contributed by atoms with E-state index >= 15 is 0 Å². The van der Waals surface area contributed by atoms with Gasteiger partial charge < -0.3 is 20.1 Å². The minimum Gasteiger partial charge on any atom is -0.493 e. The smallest absolute Gasteiger partial charge is 0.410 e. The minimum absolute atomic E-state index is 0.0896. The summed E-state index contributed by atoms with van der Waals surface area (Å²) >= 11 is 0. The van der Waals surface area contributed by atoms with Crippen LogP contribution in [0, 0.1) is 13.8 Å². The van der Waals surface area contributed by atoms with Crippen molar-refractivity contribution in [1.29, 1.82) is 0 Å². The average molecular weight is 555 g/mol. The van der Waals surface area contributed by atoms with Crippen LogP contribution in [-0.4, -0.2) is 45.9 Å². The van der Waals surface area contributed by atoms with Crippen molar-refractivity contribution < 1.29 is 27.4 Å². The highest BCUT2D eigenvalue weighted by molar-refractivity contribution is 6.04. The molecule has 0 unspecified atom stereocenters. The van der Waals surface area contributed by atoms with Gasteiger partial charge in [-0.2, -0.15) is 23.4 Å². The van der Waals surface area contributed by atoms with Crippen LogP contribution in [-0.2, 0) is 6.54 Å². The SMILES string of the molecule is COc1ccc([C@@H]2C[C@H](C(F)(F)F)n3nc(C(=O)Nc4c(C)nn(Cc5ccccc5)c4C)cc3N2)cc1OC. The van der Waals surface area contributed by atoms with Crippen LogP contribution in [0.5, 0.6) is 11.5 Å². The Morgan fingerprint density at radius 3 is 2.45 bits per heavy atom. The van der Waals surface area contributed by atoms with E-state index in [1.54, 1.807) is 29.8 Å². The predicted molar refractivity (Wildman–Crippen MR) is 143 cm³/mol. The van der Waals surface area contributed by atoms with E-state index in [-0.39, 0.29) is 17.9 Å². The number of hydrogen-bond donors (Lipinski definition) is 2. The molecule has 0 fully saturated rings. The van der Waals surface area contributed by atoms with E-state index in [1.165, 1.54) is 20.3 Å². The number of anilines is 2. The number of halogens is 3. The summed E-state index contributed by atoms with van der Waals surface area (Å²) in [6.07, 6.45) is -4.91. The molecule has 2 aromatic carbocycles. The van der Waals surface area contributed by atoms with Crippen molar-refractivity contribution in [1.82, 2.24) is 19.6 Å². The lowest BCUT2D eigenvalue weighted by Crippen LogP contribution is -2.35. The van der Waals surface area contributed by atoms with Crippen molar-refractivity contribution in [3.05, 3.63) is 82.8 Å². The van der Waals surface area contributed by atoms with Crippen LogP contribution in [0.2, 0.25) is 0 Å². The van der Waals surface area contributed by atoms with E-state index < -0.39 is 24.2 Å². The van der Waals surface area contributed by atoms with E-state index in [4.69, 9.17) is 9.47 Å². The van der Waals surface area contributed by atoms with Gasteiger partial charge in [0.1, 0.15) is 5.82 Å². The standard InChI is InChI=1S/C28H29F3N6O3/c1-16-26(17(2)36(34-16)15-18-8-6-5-7-9-18)33-27(38)21-14-25-32-20(13-24(28(29,30)31)37(25)35-21)19-10-11-22(39-3)23(12-19)40-4/h5-12,14,20,24,32H,13,15H2,1-4H3,(H,33,38)/t20-,24+/m0/s1. The molecule has 3 heterocycles. The molecule has 210 valence electrons. The molecule has 0 radical (unpaired) electrons. The second-order valence-corrected chi connectivity index (χ2v) is 9.61. The molecule has 2 aromatic heterocycles. The number of fused-ring (bicyclic) bond motifs is 1. The van der Waals surface area contributed by atoms with Crippen molar-refractivity contribution in [2.24, 2.45) is 0 Å². The molecule has 0 saturated carbocycles. The lowest BCUT2D eigenvalue weighted by atomic mass is 9.96. The quantitative estimate of drug-likeness (QED) is 0.306. The monoisotopic (exact) mass is 554 g/mol. The van der Waals surface area contributed by atoms with E-state index in [1.807, 2.05) is 37.3 Å². The van der Waals surface area contributed by atoms with Gasteiger partial charge >= 0.3 is 6.18 Å². The van der Waals surface area contributed by atoms with Gasteiger partial charge in [0.25, 0.3) is 5.91 Å². The van der Waals surface area contributed by atoms with Crippen molar-refractivity contribution in [3.8, 4) is 11.5 Å². The first-order valence-electron chi connectivity index (χ1n) is 12.6. The zero-order chi connectivity index (χ0) is 28.6. The number of amides is 1. The molecule has 0 aliphatic carbocycles. The Morgan fingerprint density at radius 1 is 1.05 bits per heavy atom. The topological polar surface area (TPSA) is 95.2 Å². The summed E-state index contributed by atoms with van der Waals surface area (Å²) < 4.78 is 55.7. The number of nitrogens with zero attached hydrogens (tertiary/aromatic N) is 4. The Bertz CT molecular complexity index is 1530. The van der Waals surface area contributed by atoms with Gasteiger partial charge in [0.15, 0.2) is 23.2 Å². The molecular formula is C28H29F3N6O3. The zero-order valence-electron chi connectivity index (χ0n) is 22.4. The first-order chi connectivity index (χ1) is 19.1. The van der Waals surface area contributed by atoms with Gasteiger partial charge in [-0.25, -0.2) is 4.68 Å². The third kappa shape index (κ3) is 5.21. The summed E-state index contributed by atoms with van der Waals surface area (Å²) in [5.41, 5.74) is 3.29. The van der Waals surface area contributed by atoms with Gasteiger partial charge in [-0.15, -0.1) is 0 Å². The van der Waals surface area contributed by atoms with Crippen molar-refractivity contribution in [2.45, 2.75) is 45.1 Å². The fourth-order valence-electron chi connectivity index (χ4n) is 4.94. The molecule has 0 saturated heterocycles. The number of methoxy groups -OCH3 is 2. The first kappa shape index (κ1) is 27.1. The zero-order valence-corrected chi connectivity index (χ0v) is 22.4. The number of benzene rings is 2. The summed E-state index contributed by atoms with van der Waals surface area (Å²) in [7, 11) is 2.95. The Hall–Kier alpha value is -4.48. The van der Waals surface area contributed by atoms with E-state index in [0.29, 0.717) is 35.0 Å². The van der Waals surface area contributed by atoms with Crippen LogP contribution >= 0.6 is 0 Å². The van der Waals surface area contributed by atoms with E-state index in [2.05, 4.69) is 20.8 Å². The maximum atomic E-state index is 14.2. The highest BCUT2D eigenvalue weighted by atomic mass is 19.4. The van der Waals surface area contributed by atoms with Crippen LogP contribution in [0.25, 0.3) is 0 Å². The molecule has 1 aliphatic rings. The highest BCUT2D eigenvalue weighted by Gasteiger charge is 2.47. The summed E-state index contributed by atoms with van der Waals surface area (Å²) in [5.74, 6) is 0.337. The van der Waals surface area contributed by atoms with Crippen LogP contribution in [0.4, 0.5) is 24.7 Å². The molecule has 0 bridgehead atoms. The van der Waals surface area contributed by atoms with E-state index in [0.717, 1.165) is 15.9 Å². The van der Waals surface area contributed by atoms with Gasteiger partial charge in [0, 0.05) is 12.5 Å². The van der Waals surface area contributed by atoms with Crippen molar-refractivity contribution in [2.75, 3.05) is 24.9 Å². The second-order valence-electron chi connectivity index (χ2n) is 9.61. The first-order valence-corrected chi connectivity index (χ1v) is 12.6. The number of rotatable bonds is 7. The number of carbonyl (C=O) groups is 1. The number of ether oxygens (including phenoxy) is 2. The summed E-state index contributed by atoms with van der Waals surface area (Å²) in [6.45, 7) is 4.10. The minimum atomic E-state index is -4.59. The Labute approximate surface area is 228 Å². The van der Waals surface area contributed by atoms with Gasteiger partial charge in [-0.05, 0) is 37.1 Å². The fourth-order valence-corrected chi connectivity index (χ4v) is 4.94. The molecule has 9 nitrogen and oxygen atoms in total. The van der Waals surface area contributed by atoms with Crippen molar-refractivity contribution in [3.63, 3.8) is 0 Å².